The Balaban J connectivity index is 1.83. The van der Waals surface area contributed by atoms with Crippen LogP contribution in [0.1, 0.15) is 36.3 Å². The zero-order valence-electron chi connectivity index (χ0n) is 20.9. The third-order valence-electron chi connectivity index (χ3n) is 6.70. The number of halogens is 6. The van der Waals surface area contributed by atoms with E-state index in [2.05, 4.69) is 14.4 Å². The van der Waals surface area contributed by atoms with Crippen molar-refractivity contribution in [1.82, 2.24) is 14.1 Å². The maximum atomic E-state index is 13.8. The first kappa shape index (κ1) is 29.6. The van der Waals surface area contributed by atoms with Crippen molar-refractivity contribution in [2.24, 2.45) is 0 Å². The van der Waals surface area contributed by atoms with Crippen LogP contribution in [0.4, 0.5) is 26.3 Å². The molecule has 16 heteroatoms. The van der Waals surface area contributed by atoms with Crippen LogP contribution >= 0.6 is 11.3 Å². The second-order valence-corrected chi connectivity index (χ2v) is 11.9. The molecule has 4 rings (SSSR count). The van der Waals surface area contributed by atoms with E-state index in [1.54, 1.807) is 0 Å². The van der Waals surface area contributed by atoms with E-state index in [1.807, 2.05) is 0 Å². The Bertz CT molecular complexity index is 1440. The van der Waals surface area contributed by atoms with E-state index in [9.17, 15) is 39.9 Å². The molecule has 1 fully saturated rings. The van der Waals surface area contributed by atoms with Crippen LogP contribution in [0, 0.1) is 6.92 Å². The summed E-state index contributed by atoms with van der Waals surface area (Å²) in [4.78, 5) is 2.50. The number of sulfonamides is 1. The number of nitrogens with one attached hydrogen (secondary N) is 1. The summed E-state index contributed by atoms with van der Waals surface area (Å²) in [5.74, 6) is -0.0148. The van der Waals surface area contributed by atoms with Gasteiger partial charge in [-0.05, 0) is 50.8 Å². The highest BCUT2D eigenvalue weighted by atomic mass is 32.2. The van der Waals surface area contributed by atoms with E-state index >= 15 is 0 Å². The van der Waals surface area contributed by atoms with Crippen molar-refractivity contribution in [1.29, 1.82) is 0 Å². The number of aliphatic hydroxyl groups excluding tert-OH is 1. The predicted molar refractivity (Wildman–Crippen MR) is 129 cm³/mol. The van der Waals surface area contributed by atoms with Crippen molar-refractivity contribution in [2.45, 2.75) is 67.6 Å². The van der Waals surface area contributed by atoms with E-state index < -0.39 is 45.0 Å². The lowest BCUT2D eigenvalue weighted by Crippen LogP contribution is -2.54. The first-order chi connectivity index (χ1) is 18.1. The monoisotopic (exact) mass is 601 g/mol. The molecule has 0 saturated heterocycles. The minimum atomic E-state index is -5.83. The fourth-order valence-electron chi connectivity index (χ4n) is 4.75. The zero-order chi connectivity index (χ0) is 29.0. The summed E-state index contributed by atoms with van der Waals surface area (Å²) in [7, 11) is -2.57. The van der Waals surface area contributed by atoms with Crippen molar-refractivity contribution in [2.75, 3.05) is 14.2 Å². The maximum absolute atomic E-state index is 13.8. The van der Waals surface area contributed by atoms with Crippen LogP contribution in [0.2, 0.25) is 0 Å². The summed E-state index contributed by atoms with van der Waals surface area (Å²) in [5.41, 5.74) is -4.06. The Morgan fingerprint density at radius 1 is 1.08 bits per heavy atom. The Hall–Kier alpha value is -2.40. The highest BCUT2D eigenvalue weighted by molar-refractivity contribution is 7.89. The Morgan fingerprint density at radius 2 is 1.69 bits per heavy atom. The first-order valence-electron chi connectivity index (χ1n) is 11.6. The average Bonchev–Trinajstić information content (AvgIpc) is 3.35. The molecule has 2 heterocycles. The van der Waals surface area contributed by atoms with Gasteiger partial charge >= 0.3 is 12.4 Å². The highest BCUT2D eigenvalue weighted by Gasteiger charge is 2.74. The van der Waals surface area contributed by atoms with Gasteiger partial charge in [0.2, 0.25) is 10.0 Å². The number of imidazole rings is 1. The molecule has 39 heavy (non-hydrogen) atoms. The van der Waals surface area contributed by atoms with Crippen LogP contribution in [0.15, 0.2) is 29.3 Å². The summed E-state index contributed by atoms with van der Waals surface area (Å²) < 4.78 is 122. The van der Waals surface area contributed by atoms with Gasteiger partial charge in [0, 0.05) is 24.9 Å². The van der Waals surface area contributed by atoms with Crippen LogP contribution in [-0.4, -0.2) is 61.6 Å². The number of alkyl halides is 6. The standard InChI is InChI=1S/C23H25F6N3O5S2/c1-12-19(32-11-18(38-20(32)30-12)21(37-3,22(24,25)26)23(27,28)29)13-4-9-16(36-2)17(10-13)39(34,35)31-14-5-7-15(33)8-6-14/h4,9-11,14-15,31,33H,5-8H2,1-3H3. The molecule has 1 aromatic carbocycles. The number of fused-ring (bicyclic) bond motifs is 1. The van der Waals surface area contributed by atoms with Gasteiger partial charge in [-0.3, -0.25) is 4.40 Å². The number of benzene rings is 1. The Morgan fingerprint density at radius 3 is 2.23 bits per heavy atom. The van der Waals surface area contributed by atoms with Crippen LogP contribution in [0.5, 0.6) is 5.75 Å². The van der Waals surface area contributed by atoms with Gasteiger partial charge in [-0.25, -0.2) is 18.1 Å². The van der Waals surface area contributed by atoms with Gasteiger partial charge in [-0.2, -0.15) is 26.3 Å². The normalized spacial score (nSPS) is 19.5. The van der Waals surface area contributed by atoms with Gasteiger partial charge in [-0.15, -0.1) is 0 Å². The molecule has 1 aliphatic rings. The predicted octanol–water partition coefficient (Wildman–Crippen LogP) is 4.93. The van der Waals surface area contributed by atoms with Crippen molar-refractivity contribution in [3.63, 3.8) is 0 Å². The minimum Gasteiger partial charge on any atom is -0.495 e. The molecule has 1 saturated carbocycles. The van der Waals surface area contributed by atoms with Gasteiger partial charge in [0.15, 0.2) is 4.96 Å². The molecule has 0 atom stereocenters. The first-order valence-corrected chi connectivity index (χ1v) is 13.9. The van der Waals surface area contributed by atoms with Gasteiger partial charge in [0.05, 0.1) is 29.5 Å². The molecule has 0 radical (unpaired) electrons. The van der Waals surface area contributed by atoms with Crippen LogP contribution in [0.25, 0.3) is 16.2 Å². The lowest BCUT2D eigenvalue weighted by molar-refractivity contribution is -0.382. The van der Waals surface area contributed by atoms with Crippen LogP contribution < -0.4 is 9.46 Å². The Labute approximate surface area is 223 Å². The zero-order valence-corrected chi connectivity index (χ0v) is 22.5. The molecule has 1 aliphatic carbocycles. The van der Waals surface area contributed by atoms with Crippen molar-refractivity contribution >= 4 is 26.3 Å². The number of ether oxygens (including phenoxy) is 2. The quantitative estimate of drug-likeness (QED) is 0.373. The number of aliphatic hydroxyl groups is 1. The molecule has 2 N–H and O–H groups in total. The lowest BCUT2D eigenvalue weighted by Gasteiger charge is -2.34. The van der Waals surface area contributed by atoms with E-state index in [4.69, 9.17) is 4.74 Å². The highest BCUT2D eigenvalue weighted by Crippen LogP contribution is 2.54. The van der Waals surface area contributed by atoms with Crippen LogP contribution in [-0.2, 0) is 20.4 Å². The van der Waals surface area contributed by atoms with Crippen LogP contribution in [0.3, 0.4) is 0 Å². The minimum absolute atomic E-state index is 0.0148. The van der Waals surface area contributed by atoms with E-state index in [0.717, 1.165) is 4.40 Å². The van der Waals surface area contributed by atoms with Crippen molar-refractivity contribution < 1.29 is 49.3 Å². The average molecular weight is 602 g/mol. The maximum Gasteiger partial charge on any atom is 0.431 e. The molecule has 0 spiro atoms. The summed E-state index contributed by atoms with van der Waals surface area (Å²) in [6, 6.07) is 3.57. The number of aryl methyl sites for hydroxylation is 1. The summed E-state index contributed by atoms with van der Waals surface area (Å²) in [6.45, 7) is 1.50. The second-order valence-electron chi connectivity index (χ2n) is 9.17. The van der Waals surface area contributed by atoms with Gasteiger partial charge in [0.25, 0.3) is 5.60 Å². The number of methoxy groups -OCH3 is 2. The SMILES string of the molecule is COc1ccc(-c2c(C)nc3sc(C(OC)(C(F)(F)F)C(F)(F)F)cn23)cc1S(=O)(=O)NC1CCC(O)CC1. The van der Waals surface area contributed by atoms with E-state index in [0.29, 0.717) is 39.0 Å². The molecule has 0 bridgehead atoms. The molecular weight excluding hydrogens is 576 g/mol. The number of hydrogen-bond acceptors (Lipinski definition) is 7. The number of aromatic nitrogens is 2. The summed E-state index contributed by atoms with van der Waals surface area (Å²) in [6.07, 6.45) is -9.82. The molecule has 3 aromatic rings. The number of thiazole rings is 1. The molecule has 0 aliphatic heterocycles. The smallest absolute Gasteiger partial charge is 0.431 e. The Kier molecular flexibility index (Phi) is 7.75. The summed E-state index contributed by atoms with van der Waals surface area (Å²) >= 11 is 0.164. The van der Waals surface area contributed by atoms with Gasteiger partial charge in [0.1, 0.15) is 10.6 Å². The molecule has 0 unspecified atom stereocenters. The lowest BCUT2D eigenvalue weighted by atomic mass is 9.94. The third kappa shape index (κ3) is 5.12. The van der Waals surface area contributed by atoms with Gasteiger partial charge in [-0.1, -0.05) is 11.3 Å². The molecular formula is C23H25F6N3O5S2. The van der Waals surface area contributed by atoms with E-state index in [-0.39, 0.29) is 43.9 Å². The molecule has 2 aromatic heterocycles. The number of nitrogens with zero attached hydrogens (tertiary/aromatic N) is 2. The van der Waals surface area contributed by atoms with Gasteiger partial charge < -0.3 is 14.6 Å². The number of rotatable bonds is 7. The molecule has 8 nitrogen and oxygen atoms in total. The van der Waals surface area contributed by atoms with E-state index in [1.165, 1.54) is 32.2 Å². The largest absolute Gasteiger partial charge is 0.495 e. The molecule has 216 valence electrons. The fourth-order valence-corrected chi connectivity index (χ4v) is 7.49. The summed E-state index contributed by atoms with van der Waals surface area (Å²) in [5, 5.41) is 9.70. The third-order valence-corrected chi connectivity index (χ3v) is 9.32. The fraction of sp³-hybridized carbons (Fsp3) is 0.522. The second kappa shape index (κ2) is 10.2. The van der Waals surface area contributed by atoms with Crippen molar-refractivity contribution in [3.8, 4) is 17.0 Å². The topological polar surface area (TPSA) is 102 Å². The number of hydrogen-bond donors (Lipinski definition) is 2. The van der Waals surface area contributed by atoms with Crippen molar-refractivity contribution in [3.05, 3.63) is 35.0 Å². The molecule has 0 amide bonds.